The molecule has 3 heteroatoms. The summed E-state index contributed by atoms with van der Waals surface area (Å²) < 4.78 is 0. The second-order valence-electron chi connectivity index (χ2n) is 2.46. The number of amides is 1. The summed E-state index contributed by atoms with van der Waals surface area (Å²) in [6.07, 6.45) is 5.41. The first-order valence-electron chi connectivity index (χ1n) is 3.54. The molecular weight excluding hydrogens is 128 g/mol. The number of carbonyl (C=O) groups excluding carboxylic acids is 1. The molecule has 0 bridgehead atoms. The van der Waals surface area contributed by atoms with Gasteiger partial charge in [-0.25, -0.2) is 4.90 Å². The van der Waals surface area contributed by atoms with Gasteiger partial charge in [0.15, 0.2) is 6.19 Å². The Balaban J connectivity index is 2.54. The minimum atomic E-state index is -0.0139. The average Bonchev–Trinajstić information content (AvgIpc) is 2.13. The Bertz CT molecular complexity index is 171. The Labute approximate surface area is 60.2 Å². The van der Waals surface area contributed by atoms with Crippen molar-refractivity contribution >= 4 is 5.91 Å². The van der Waals surface area contributed by atoms with Crippen molar-refractivity contribution in [3.8, 4) is 6.19 Å². The minimum absolute atomic E-state index is 0.0139. The van der Waals surface area contributed by atoms with Crippen LogP contribution >= 0.6 is 0 Å². The van der Waals surface area contributed by atoms with Crippen molar-refractivity contribution in [3.05, 3.63) is 0 Å². The molecule has 1 amide bonds. The summed E-state index contributed by atoms with van der Waals surface area (Å²) in [5, 5.41) is 8.44. The third-order valence-corrected chi connectivity index (χ3v) is 1.69. The van der Waals surface area contributed by atoms with Crippen molar-refractivity contribution in [2.75, 3.05) is 6.54 Å². The van der Waals surface area contributed by atoms with Gasteiger partial charge >= 0.3 is 0 Å². The first-order chi connectivity index (χ1) is 4.84. The van der Waals surface area contributed by atoms with Gasteiger partial charge in [0.05, 0.1) is 0 Å². The Morgan fingerprint density at radius 2 is 2.20 bits per heavy atom. The molecular formula is C7H10N2O. The van der Waals surface area contributed by atoms with Crippen molar-refractivity contribution in [2.24, 2.45) is 0 Å². The summed E-state index contributed by atoms with van der Waals surface area (Å²) in [6, 6.07) is 0. The summed E-state index contributed by atoms with van der Waals surface area (Å²) in [7, 11) is 0. The van der Waals surface area contributed by atoms with E-state index < -0.39 is 0 Å². The van der Waals surface area contributed by atoms with Gasteiger partial charge in [0.2, 0.25) is 5.91 Å². The molecule has 1 fully saturated rings. The lowest BCUT2D eigenvalue weighted by molar-refractivity contribution is -0.127. The van der Waals surface area contributed by atoms with Gasteiger partial charge in [0.1, 0.15) is 0 Å². The molecule has 0 radical (unpaired) electrons. The predicted molar refractivity (Wildman–Crippen MR) is 35.8 cm³/mol. The van der Waals surface area contributed by atoms with Gasteiger partial charge in [-0.05, 0) is 12.8 Å². The topological polar surface area (TPSA) is 44.1 Å². The van der Waals surface area contributed by atoms with Gasteiger partial charge in [0.25, 0.3) is 0 Å². The van der Waals surface area contributed by atoms with Crippen LogP contribution in [0.15, 0.2) is 0 Å². The van der Waals surface area contributed by atoms with E-state index in [4.69, 9.17) is 5.26 Å². The van der Waals surface area contributed by atoms with E-state index in [0.717, 1.165) is 19.3 Å². The largest absolute Gasteiger partial charge is 0.274 e. The molecule has 0 N–H and O–H groups in total. The van der Waals surface area contributed by atoms with Crippen molar-refractivity contribution in [2.45, 2.75) is 25.7 Å². The zero-order chi connectivity index (χ0) is 7.40. The van der Waals surface area contributed by atoms with E-state index in [9.17, 15) is 4.79 Å². The normalized spacial score (nSPS) is 19.9. The standard InChI is InChI=1S/C7H10N2O/c8-6-9-5-3-1-2-4-7(9)10/h1-5H2. The molecule has 1 aliphatic rings. The summed E-state index contributed by atoms with van der Waals surface area (Å²) in [4.78, 5) is 12.2. The lowest BCUT2D eigenvalue weighted by atomic mass is 10.2. The molecule has 0 atom stereocenters. The molecule has 54 valence electrons. The molecule has 1 saturated heterocycles. The summed E-state index contributed by atoms with van der Waals surface area (Å²) in [5.41, 5.74) is 0. The molecule has 0 aromatic heterocycles. The lowest BCUT2D eigenvalue weighted by Crippen LogP contribution is -2.24. The van der Waals surface area contributed by atoms with Crippen LogP contribution in [0.3, 0.4) is 0 Å². The number of hydrogen-bond donors (Lipinski definition) is 0. The first-order valence-corrected chi connectivity index (χ1v) is 3.54. The molecule has 0 aromatic carbocycles. The molecule has 10 heavy (non-hydrogen) atoms. The van der Waals surface area contributed by atoms with Gasteiger partial charge in [-0.2, -0.15) is 5.26 Å². The summed E-state index contributed by atoms with van der Waals surface area (Å²) >= 11 is 0. The SMILES string of the molecule is N#CN1CCCCCC1=O. The summed E-state index contributed by atoms with van der Waals surface area (Å²) in [6.45, 7) is 0.620. The van der Waals surface area contributed by atoms with E-state index in [-0.39, 0.29) is 5.91 Å². The Morgan fingerprint density at radius 3 is 2.90 bits per heavy atom. The molecule has 0 saturated carbocycles. The third kappa shape index (κ3) is 1.47. The van der Waals surface area contributed by atoms with Crippen LogP contribution in [0.5, 0.6) is 0 Å². The van der Waals surface area contributed by atoms with Crippen LogP contribution in [0.25, 0.3) is 0 Å². The van der Waals surface area contributed by atoms with Crippen molar-refractivity contribution in [1.82, 2.24) is 4.90 Å². The van der Waals surface area contributed by atoms with Crippen LogP contribution in [-0.4, -0.2) is 17.4 Å². The van der Waals surface area contributed by atoms with Gasteiger partial charge in [-0.1, -0.05) is 6.42 Å². The second-order valence-corrected chi connectivity index (χ2v) is 2.46. The van der Waals surface area contributed by atoms with Crippen molar-refractivity contribution in [3.63, 3.8) is 0 Å². The van der Waals surface area contributed by atoms with E-state index in [0.29, 0.717) is 13.0 Å². The van der Waals surface area contributed by atoms with Gasteiger partial charge in [0, 0.05) is 13.0 Å². The van der Waals surface area contributed by atoms with Gasteiger partial charge in [-0.15, -0.1) is 0 Å². The highest BCUT2D eigenvalue weighted by molar-refractivity contribution is 5.77. The minimum Gasteiger partial charge on any atom is -0.274 e. The smallest absolute Gasteiger partial charge is 0.235 e. The number of likely N-dealkylation sites (tertiary alicyclic amines) is 1. The number of rotatable bonds is 0. The van der Waals surface area contributed by atoms with Crippen LogP contribution in [0.2, 0.25) is 0 Å². The zero-order valence-electron chi connectivity index (χ0n) is 5.84. The van der Waals surface area contributed by atoms with Crippen LogP contribution in [0.1, 0.15) is 25.7 Å². The Hall–Kier alpha value is -1.04. The van der Waals surface area contributed by atoms with Crippen LogP contribution < -0.4 is 0 Å². The fourth-order valence-electron chi connectivity index (χ4n) is 1.09. The lowest BCUT2D eigenvalue weighted by Gasteiger charge is -2.07. The van der Waals surface area contributed by atoms with E-state index in [1.807, 2.05) is 6.19 Å². The maximum Gasteiger partial charge on any atom is 0.235 e. The molecule has 3 nitrogen and oxygen atoms in total. The molecule has 1 heterocycles. The predicted octanol–water partition coefficient (Wildman–Crippen LogP) is 0.870. The molecule has 0 unspecified atom stereocenters. The molecule has 0 aliphatic carbocycles. The Kier molecular flexibility index (Phi) is 2.27. The van der Waals surface area contributed by atoms with Crippen molar-refractivity contribution < 1.29 is 4.79 Å². The van der Waals surface area contributed by atoms with Gasteiger partial charge in [-0.3, -0.25) is 4.79 Å². The van der Waals surface area contributed by atoms with Gasteiger partial charge < -0.3 is 0 Å². The molecule has 1 rings (SSSR count). The van der Waals surface area contributed by atoms with E-state index in [1.165, 1.54) is 4.90 Å². The molecule has 0 spiro atoms. The van der Waals surface area contributed by atoms with E-state index in [1.54, 1.807) is 0 Å². The average molecular weight is 138 g/mol. The second kappa shape index (κ2) is 3.21. The van der Waals surface area contributed by atoms with Crippen LogP contribution in [0, 0.1) is 11.5 Å². The monoisotopic (exact) mass is 138 g/mol. The van der Waals surface area contributed by atoms with E-state index >= 15 is 0 Å². The highest BCUT2D eigenvalue weighted by Gasteiger charge is 2.14. The summed E-state index contributed by atoms with van der Waals surface area (Å²) in [5.74, 6) is -0.0139. The van der Waals surface area contributed by atoms with Crippen molar-refractivity contribution in [1.29, 1.82) is 5.26 Å². The van der Waals surface area contributed by atoms with Crippen LogP contribution in [0.4, 0.5) is 0 Å². The number of nitrogens with zero attached hydrogens (tertiary/aromatic N) is 2. The molecule has 1 aliphatic heterocycles. The maximum absolute atomic E-state index is 10.9. The third-order valence-electron chi connectivity index (χ3n) is 1.69. The fourth-order valence-corrected chi connectivity index (χ4v) is 1.09. The number of carbonyl (C=O) groups is 1. The van der Waals surface area contributed by atoms with Crippen LogP contribution in [-0.2, 0) is 4.79 Å². The quantitative estimate of drug-likeness (QED) is 0.466. The number of nitriles is 1. The fraction of sp³-hybridized carbons (Fsp3) is 0.714. The first kappa shape index (κ1) is 7.07. The van der Waals surface area contributed by atoms with E-state index in [2.05, 4.69) is 0 Å². The highest BCUT2D eigenvalue weighted by Crippen LogP contribution is 2.09. The Morgan fingerprint density at radius 1 is 1.40 bits per heavy atom. The zero-order valence-corrected chi connectivity index (χ0v) is 5.84. The molecule has 0 aromatic rings. The highest BCUT2D eigenvalue weighted by atomic mass is 16.2. The number of hydrogen-bond acceptors (Lipinski definition) is 2. The maximum atomic E-state index is 10.9.